The van der Waals surface area contributed by atoms with E-state index in [2.05, 4.69) is 25.5 Å². The standard InChI is InChI=1S/C16H22N6O/c1-21-7-6-19-16(21)14-11-18-5-8-22(14)12-15(23)20-10-13-3-2-4-17-9-13/h2-4,6-7,9,14,18H,5,8,10-12H2,1H3,(H,20,23). The quantitative estimate of drug-likeness (QED) is 0.817. The number of nitrogens with one attached hydrogen (secondary N) is 2. The highest BCUT2D eigenvalue weighted by atomic mass is 16.2. The summed E-state index contributed by atoms with van der Waals surface area (Å²) in [5.41, 5.74) is 1.00. The van der Waals surface area contributed by atoms with Crippen LogP contribution < -0.4 is 10.6 Å². The smallest absolute Gasteiger partial charge is 0.234 e. The number of pyridine rings is 1. The molecule has 2 aromatic heterocycles. The summed E-state index contributed by atoms with van der Waals surface area (Å²) in [7, 11) is 1.98. The average molecular weight is 314 g/mol. The molecule has 3 rings (SSSR count). The Morgan fingerprint density at radius 3 is 3.13 bits per heavy atom. The zero-order chi connectivity index (χ0) is 16.1. The number of rotatable bonds is 5. The van der Waals surface area contributed by atoms with Crippen molar-refractivity contribution in [3.05, 3.63) is 48.3 Å². The van der Waals surface area contributed by atoms with Gasteiger partial charge in [-0.05, 0) is 11.6 Å². The first kappa shape index (κ1) is 15.6. The molecule has 1 saturated heterocycles. The number of carbonyl (C=O) groups is 1. The van der Waals surface area contributed by atoms with Crippen molar-refractivity contribution in [1.82, 2.24) is 30.1 Å². The highest BCUT2D eigenvalue weighted by molar-refractivity contribution is 5.78. The highest BCUT2D eigenvalue weighted by Gasteiger charge is 2.28. The lowest BCUT2D eigenvalue weighted by atomic mass is 10.1. The molecule has 0 saturated carbocycles. The van der Waals surface area contributed by atoms with Gasteiger partial charge in [0.05, 0.1) is 12.6 Å². The third-order valence-corrected chi connectivity index (χ3v) is 4.07. The normalized spacial score (nSPS) is 18.7. The van der Waals surface area contributed by atoms with Gasteiger partial charge in [0.2, 0.25) is 5.91 Å². The van der Waals surface area contributed by atoms with Gasteiger partial charge in [0, 0.05) is 58.0 Å². The van der Waals surface area contributed by atoms with E-state index in [0.717, 1.165) is 31.0 Å². The molecule has 23 heavy (non-hydrogen) atoms. The fourth-order valence-electron chi connectivity index (χ4n) is 2.83. The lowest BCUT2D eigenvalue weighted by Crippen LogP contribution is -2.50. The van der Waals surface area contributed by atoms with E-state index in [1.807, 2.05) is 29.9 Å². The predicted octanol–water partition coefficient (Wildman–Crippen LogP) is 0.0778. The molecule has 1 amide bonds. The molecule has 0 aliphatic carbocycles. The molecule has 7 nitrogen and oxygen atoms in total. The van der Waals surface area contributed by atoms with Crippen molar-refractivity contribution >= 4 is 5.91 Å². The summed E-state index contributed by atoms with van der Waals surface area (Å²) in [5.74, 6) is 1.01. The zero-order valence-electron chi connectivity index (χ0n) is 13.3. The van der Waals surface area contributed by atoms with Gasteiger partial charge >= 0.3 is 0 Å². The topological polar surface area (TPSA) is 75.1 Å². The number of nitrogens with zero attached hydrogens (tertiary/aromatic N) is 4. The van der Waals surface area contributed by atoms with Gasteiger partial charge in [0.25, 0.3) is 0 Å². The van der Waals surface area contributed by atoms with E-state index < -0.39 is 0 Å². The Bertz CT molecular complexity index is 641. The largest absolute Gasteiger partial charge is 0.351 e. The fourth-order valence-corrected chi connectivity index (χ4v) is 2.83. The van der Waals surface area contributed by atoms with E-state index in [0.29, 0.717) is 13.1 Å². The first-order chi connectivity index (χ1) is 11.2. The molecule has 3 heterocycles. The molecule has 0 radical (unpaired) electrons. The average Bonchev–Trinajstić information content (AvgIpc) is 3.00. The van der Waals surface area contributed by atoms with Crippen molar-refractivity contribution in [2.24, 2.45) is 7.05 Å². The summed E-state index contributed by atoms with van der Waals surface area (Å²) in [4.78, 5) is 22.9. The van der Waals surface area contributed by atoms with Crippen LogP contribution in [0.1, 0.15) is 17.4 Å². The van der Waals surface area contributed by atoms with Crippen LogP contribution in [0.2, 0.25) is 0 Å². The first-order valence-corrected chi connectivity index (χ1v) is 7.81. The summed E-state index contributed by atoms with van der Waals surface area (Å²) in [6, 6.07) is 3.94. The lowest BCUT2D eigenvalue weighted by molar-refractivity contribution is -0.123. The molecule has 1 aliphatic heterocycles. The second kappa shape index (κ2) is 7.34. The SMILES string of the molecule is Cn1ccnc1C1CNCCN1CC(=O)NCc1cccnc1. The maximum atomic E-state index is 12.3. The van der Waals surface area contributed by atoms with Gasteiger partial charge < -0.3 is 15.2 Å². The second-order valence-corrected chi connectivity index (χ2v) is 5.72. The van der Waals surface area contributed by atoms with Crippen molar-refractivity contribution < 1.29 is 4.79 Å². The number of hydrogen-bond acceptors (Lipinski definition) is 5. The van der Waals surface area contributed by atoms with E-state index in [-0.39, 0.29) is 11.9 Å². The molecule has 1 unspecified atom stereocenters. The van der Waals surface area contributed by atoms with Gasteiger partial charge in [-0.15, -0.1) is 0 Å². The minimum Gasteiger partial charge on any atom is -0.351 e. The minimum absolute atomic E-state index is 0.0231. The summed E-state index contributed by atoms with van der Waals surface area (Å²) < 4.78 is 2.01. The summed E-state index contributed by atoms with van der Waals surface area (Å²) in [5, 5.41) is 6.33. The number of piperazine rings is 1. The second-order valence-electron chi connectivity index (χ2n) is 5.72. The molecule has 0 spiro atoms. The van der Waals surface area contributed by atoms with Gasteiger partial charge in [-0.2, -0.15) is 0 Å². The van der Waals surface area contributed by atoms with Crippen LogP contribution in [-0.2, 0) is 18.4 Å². The molecule has 0 bridgehead atoms. The Labute approximate surface area is 135 Å². The van der Waals surface area contributed by atoms with Crippen LogP contribution in [0, 0.1) is 0 Å². The van der Waals surface area contributed by atoms with Gasteiger partial charge in [-0.1, -0.05) is 6.07 Å². The van der Waals surface area contributed by atoms with E-state index in [9.17, 15) is 4.79 Å². The third-order valence-electron chi connectivity index (χ3n) is 4.07. The summed E-state index contributed by atoms with van der Waals surface area (Å²) >= 11 is 0. The Kier molecular flexibility index (Phi) is 4.99. The number of carbonyl (C=O) groups excluding carboxylic acids is 1. The molecule has 2 N–H and O–H groups in total. The fraction of sp³-hybridized carbons (Fsp3) is 0.438. The van der Waals surface area contributed by atoms with E-state index in [1.165, 1.54) is 0 Å². The van der Waals surface area contributed by atoms with Gasteiger partial charge in [0.15, 0.2) is 0 Å². The van der Waals surface area contributed by atoms with Gasteiger partial charge in [0.1, 0.15) is 5.82 Å². The number of amides is 1. The number of imidazole rings is 1. The third kappa shape index (κ3) is 3.94. The molecular formula is C16H22N6O. The summed E-state index contributed by atoms with van der Waals surface area (Å²) in [6.45, 7) is 3.40. The predicted molar refractivity (Wildman–Crippen MR) is 86.5 cm³/mol. The zero-order valence-corrected chi connectivity index (χ0v) is 13.3. The molecular weight excluding hydrogens is 292 g/mol. The molecule has 1 aliphatic rings. The summed E-state index contributed by atoms with van der Waals surface area (Å²) in [6.07, 6.45) is 7.22. The van der Waals surface area contributed by atoms with Crippen LogP contribution in [0.3, 0.4) is 0 Å². The van der Waals surface area contributed by atoms with Crippen LogP contribution in [0.4, 0.5) is 0 Å². The monoisotopic (exact) mass is 314 g/mol. The molecule has 1 fully saturated rings. The van der Waals surface area contributed by atoms with Crippen molar-refractivity contribution in [3.63, 3.8) is 0 Å². The first-order valence-electron chi connectivity index (χ1n) is 7.81. The van der Waals surface area contributed by atoms with Crippen molar-refractivity contribution in [1.29, 1.82) is 0 Å². The van der Waals surface area contributed by atoms with Crippen LogP contribution in [0.25, 0.3) is 0 Å². The maximum absolute atomic E-state index is 12.3. The number of aromatic nitrogens is 3. The van der Waals surface area contributed by atoms with Crippen LogP contribution in [0.5, 0.6) is 0 Å². The molecule has 122 valence electrons. The van der Waals surface area contributed by atoms with Crippen LogP contribution >= 0.6 is 0 Å². The van der Waals surface area contributed by atoms with E-state index in [4.69, 9.17) is 0 Å². The van der Waals surface area contributed by atoms with Crippen molar-refractivity contribution in [2.45, 2.75) is 12.6 Å². The van der Waals surface area contributed by atoms with Crippen molar-refractivity contribution in [2.75, 3.05) is 26.2 Å². The van der Waals surface area contributed by atoms with Crippen LogP contribution in [0.15, 0.2) is 36.9 Å². The Morgan fingerprint density at radius 2 is 2.39 bits per heavy atom. The maximum Gasteiger partial charge on any atom is 0.234 e. The number of hydrogen-bond donors (Lipinski definition) is 2. The van der Waals surface area contributed by atoms with Gasteiger partial charge in [-0.3, -0.25) is 14.7 Å². The van der Waals surface area contributed by atoms with E-state index in [1.54, 1.807) is 18.6 Å². The number of aryl methyl sites for hydroxylation is 1. The minimum atomic E-state index is 0.0231. The Hall–Kier alpha value is -2.25. The van der Waals surface area contributed by atoms with Crippen LogP contribution in [-0.4, -0.2) is 51.5 Å². The molecule has 7 heteroatoms. The molecule has 1 atom stereocenters. The van der Waals surface area contributed by atoms with Crippen molar-refractivity contribution in [3.8, 4) is 0 Å². The lowest BCUT2D eigenvalue weighted by Gasteiger charge is -2.35. The van der Waals surface area contributed by atoms with Gasteiger partial charge in [-0.25, -0.2) is 4.98 Å². The highest BCUT2D eigenvalue weighted by Crippen LogP contribution is 2.19. The molecule has 2 aromatic rings. The molecule has 0 aromatic carbocycles. The van der Waals surface area contributed by atoms with E-state index >= 15 is 0 Å². The Morgan fingerprint density at radius 1 is 1.48 bits per heavy atom. The Balaban J connectivity index is 1.58.